The van der Waals surface area contributed by atoms with Gasteiger partial charge in [0.1, 0.15) is 6.54 Å². The minimum Gasteiger partial charge on any atom is -0.479 e. The van der Waals surface area contributed by atoms with Crippen LogP contribution in [-0.2, 0) is 25.7 Å². The number of carbonyl (C=O) groups is 3. The average Bonchev–Trinajstić information content (AvgIpc) is 2.94. The largest absolute Gasteiger partial charge is 0.479 e. The molecule has 0 saturated carbocycles. The summed E-state index contributed by atoms with van der Waals surface area (Å²) in [7, 11) is 0. The molecule has 1 saturated heterocycles. The number of carboxylic acid groups (broad SMARTS) is 1. The van der Waals surface area contributed by atoms with Crippen LogP contribution in [0, 0.1) is 5.92 Å². The lowest BCUT2D eigenvalue weighted by atomic mass is 10.2. The minimum atomic E-state index is -1.10. The van der Waals surface area contributed by atoms with Crippen LogP contribution in [0.15, 0.2) is 6.20 Å². The topological polar surface area (TPSA) is 127 Å². The van der Waals surface area contributed by atoms with Gasteiger partial charge in [-0.05, 0) is 0 Å². The molecular weight excluding hydrogens is 306 g/mol. The van der Waals surface area contributed by atoms with Crippen molar-refractivity contribution in [2.24, 2.45) is 5.92 Å². The first-order chi connectivity index (χ1) is 10.9. The van der Waals surface area contributed by atoms with Crippen molar-refractivity contribution in [3.63, 3.8) is 0 Å². The number of nitrogens with one attached hydrogen (secondary N) is 1. The number of anilines is 1. The van der Waals surface area contributed by atoms with E-state index in [1.807, 2.05) is 0 Å². The third-order valence-electron chi connectivity index (χ3n) is 3.31. The zero-order valence-electron chi connectivity index (χ0n) is 12.9. The van der Waals surface area contributed by atoms with Gasteiger partial charge in [-0.1, -0.05) is 19.1 Å². The molecular formula is C13H19N5O5. The van der Waals surface area contributed by atoms with Crippen molar-refractivity contribution >= 4 is 23.6 Å². The van der Waals surface area contributed by atoms with Crippen LogP contribution in [0.3, 0.4) is 0 Å². The number of morpholine rings is 1. The Morgan fingerprint density at radius 3 is 2.87 bits per heavy atom. The van der Waals surface area contributed by atoms with Gasteiger partial charge in [0, 0.05) is 12.5 Å². The third-order valence-corrected chi connectivity index (χ3v) is 3.31. The van der Waals surface area contributed by atoms with Crippen LogP contribution in [-0.4, -0.2) is 68.6 Å². The summed E-state index contributed by atoms with van der Waals surface area (Å²) >= 11 is 0. The van der Waals surface area contributed by atoms with Crippen molar-refractivity contribution in [2.45, 2.75) is 26.5 Å². The molecule has 2 heterocycles. The van der Waals surface area contributed by atoms with Gasteiger partial charge in [-0.15, -0.1) is 5.10 Å². The zero-order chi connectivity index (χ0) is 17.0. The molecule has 0 aromatic carbocycles. The Kier molecular flexibility index (Phi) is 5.27. The number of ether oxygens (including phenoxy) is 1. The summed E-state index contributed by atoms with van der Waals surface area (Å²) < 4.78 is 6.36. The lowest BCUT2D eigenvalue weighted by Crippen LogP contribution is -2.49. The van der Waals surface area contributed by atoms with E-state index in [2.05, 4.69) is 15.6 Å². The highest BCUT2D eigenvalue weighted by Crippen LogP contribution is 2.08. The summed E-state index contributed by atoms with van der Waals surface area (Å²) in [5.41, 5.74) is 0. The maximum absolute atomic E-state index is 12.2. The molecule has 2 amide bonds. The maximum Gasteiger partial charge on any atom is 0.334 e. The van der Waals surface area contributed by atoms with Crippen LogP contribution in [0.1, 0.15) is 13.8 Å². The van der Waals surface area contributed by atoms with E-state index in [1.54, 1.807) is 13.8 Å². The standard InChI is InChI=1S/C13H19N5O5/c1-8(2)12(20)14-10-6-18(16-15-10)7-11(19)17-3-4-23-9(5-17)13(21)22/h6,8-9H,3-5,7H2,1-2H3,(H,14,20)(H,21,22). The SMILES string of the molecule is CC(C)C(=O)Nc1cn(CC(=O)N2CCOC(C(=O)O)C2)nn1. The summed E-state index contributed by atoms with van der Waals surface area (Å²) in [6, 6.07) is 0. The Hall–Kier alpha value is -2.49. The van der Waals surface area contributed by atoms with Gasteiger partial charge < -0.3 is 20.1 Å². The molecule has 1 fully saturated rings. The van der Waals surface area contributed by atoms with Gasteiger partial charge in [-0.25, -0.2) is 9.48 Å². The van der Waals surface area contributed by atoms with Gasteiger partial charge in [0.25, 0.3) is 0 Å². The first-order valence-electron chi connectivity index (χ1n) is 7.20. The monoisotopic (exact) mass is 325 g/mol. The quantitative estimate of drug-likeness (QED) is 0.724. The number of amides is 2. The predicted molar refractivity (Wildman–Crippen MR) is 77.4 cm³/mol. The summed E-state index contributed by atoms with van der Waals surface area (Å²) in [5, 5.41) is 19.1. The summed E-state index contributed by atoms with van der Waals surface area (Å²) in [6.45, 7) is 3.92. The Morgan fingerprint density at radius 1 is 1.48 bits per heavy atom. The summed E-state index contributed by atoms with van der Waals surface area (Å²) in [5.74, 6) is -1.50. The number of rotatable bonds is 5. The number of aromatic nitrogens is 3. The fraction of sp³-hybridized carbons (Fsp3) is 0.615. The maximum atomic E-state index is 12.2. The van der Waals surface area contributed by atoms with Crippen LogP contribution in [0.25, 0.3) is 0 Å². The highest BCUT2D eigenvalue weighted by atomic mass is 16.5. The van der Waals surface area contributed by atoms with Gasteiger partial charge >= 0.3 is 5.97 Å². The third kappa shape index (κ3) is 4.49. The molecule has 1 aromatic rings. The molecule has 10 nitrogen and oxygen atoms in total. The molecule has 2 N–H and O–H groups in total. The smallest absolute Gasteiger partial charge is 0.334 e. The normalized spacial score (nSPS) is 18.0. The number of carbonyl (C=O) groups excluding carboxylic acids is 2. The van der Waals surface area contributed by atoms with E-state index in [9.17, 15) is 14.4 Å². The van der Waals surface area contributed by atoms with Crippen LogP contribution in [0.5, 0.6) is 0 Å². The summed E-state index contributed by atoms with van der Waals surface area (Å²) in [6.07, 6.45) is 0.442. The van der Waals surface area contributed by atoms with Gasteiger partial charge in [0.05, 0.1) is 19.3 Å². The van der Waals surface area contributed by atoms with Gasteiger partial charge in [0.15, 0.2) is 11.9 Å². The molecule has 1 aromatic heterocycles. The average molecular weight is 325 g/mol. The molecule has 126 valence electrons. The Bertz CT molecular complexity index is 599. The fourth-order valence-corrected chi connectivity index (χ4v) is 1.97. The number of hydrogen-bond donors (Lipinski definition) is 2. The first-order valence-corrected chi connectivity index (χ1v) is 7.20. The highest BCUT2D eigenvalue weighted by Gasteiger charge is 2.29. The number of aliphatic carboxylic acids is 1. The molecule has 0 radical (unpaired) electrons. The lowest BCUT2D eigenvalue weighted by molar-refractivity contribution is -0.159. The van der Waals surface area contributed by atoms with E-state index in [4.69, 9.17) is 9.84 Å². The van der Waals surface area contributed by atoms with E-state index in [0.29, 0.717) is 6.54 Å². The van der Waals surface area contributed by atoms with Crippen molar-refractivity contribution in [2.75, 3.05) is 25.0 Å². The highest BCUT2D eigenvalue weighted by molar-refractivity contribution is 5.91. The van der Waals surface area contributed by atoms with Crippen molar-refractivity contribution in [1.82, 2.24) is 19.9 Å². The second-order valence-corrected chi connectivity index (χ2v) is 5.48. The molecule has 0 aliphatic carbocycles. The second-order valence-electron chi connectivity index (χ2n) is 5.48. The lowest BCUT2D eigenvalue weighted by Gasteiger charge is -2.30. The molecule has 1 aliphatic rings. The Balaban J connectivity index is 1.91. The van der Waals surface area contributed by atoms with Crippen LogP contribution >= 0.6 is 0 Å². The molecule has 23 heavy (non-hydrogen) atoms. The molecule has 10 heteroatoms. The first kappa shape index (κ1) is 16.9. The van der Waals surface area contributed by atoms with E-state index in [1.165, 1.54) is 15.8 Å². The molecule has 1 atom stereocenters. The van der Waals surface area contributed by atoms with Crippen molar-refractivity contribution < 1.29 is 24.2 Å². The van der Waals surface area contributed by atoms with Crippen LogP contribution < -0.4 is 5.32 Å². The molecule has 0 spiro atoms. The van der Waals surface area contributed by atoms with Crippen molar-refractivity contribution in [3.8, 4) is 0 Å². The van der Waals surface area contributed by atoms with E-state index in [-0.39, 0.29) is 43.2 Å². The Labute approximate surface area is 132 Å². The Morgan fingerprint density at radius 2 is 2.22 bits per heavy atom. The second kappa shape index (κ2) is 7.18. The van der Waals surface area contributed by atoms with E-state index in [0.717, 1.165) is 0 Å². The van der Waals surface area contributed by atoms with Crippen molar-refractivity contribution in [1.29, 1.82) is 0 Å². The van der Waals surface area contributed by atoms with E-state index < -0.39 is 12.1 Å². The van der Waals surface area contributed by atoms with Gasteiger partial charge in [0.2, 0.25) is 11.8 Å². The van der Waals surface area contributed by atoms with Crippen molar-refractivity contribution in [3.05, 3.63) is 6.20 Å². The van der Waals surface area contributed by atoms with Gasteiger partial charge in [-0.3, -0.25) is 9.59 Å². The molecule has 0 bridgehead atoms. The molecule has 2 rings (SSSR count). The predicted octanol–water partition coefficient (Wildman–Crippen LogP) is -0.815. The van der Waals surface area contributed by atoms with Gasteiger partial charge in [-0.2, -0.15) is 0 Å². The minimum absolute atomic E-state index is 0.000192. The molecule has 1 unspecified atom stereocenters. The number of nitrogens with zero attached hydrogens (tertiary/aromatic N) is 4. The van der Waals surface area contributed by atoms with E-state index >= 15 is 0 Å². The van der Waals surface area contributed by atoms with Crippen LogP contribution in [0.2, 0.25) is 0 Å². The number of hydrogen-bond acceptors (Lipinski definition) is 6. The zero-order valence-corrected chi connectivity index (χ0v) is 12.9. The summed E-state index contributed by atoms with van der Waals surface area (Å²) in [4.78, 5) is 36.1. The fourth-order valence-electron chi connectivity index (χ4n) is 1.97. The number of carboxylic acids is 1. The van der Waals surface area contributed by atoms with Crippen LogP contribution in [0.4, 0.5) is 5.82 Å². The molecule has 1 aliphatic heterocycles.